The molecule has 1 aliphatic carbocycles. The molecule has 0 atom stereocenters. The maximum atomic E-state index is 12.6. The van der Waals surface area contributed by atoms with Crippen LogP contribution in [0.25, 0.3) is 10.2 Å². The number of nitrogens with two attached hydrogens (primary N) is 1. The van der Waals surface area contributed by atoms with E-state index in [0.717, 1.165) is 23.3 Å². The topological polar surface area (TPSA) is 137 Å². The molecule has 208 valence electrons. The zero-order valence-corrected chi connectivity index (χ0v) is 20.6. The fourth-order valence-electron chi connectivity index (χ4n) is 3.24. The summed E-state index contributed by atoms with van der Waals surface area (Å²) in [5, 5.41) is 14.8. The summed E-state index contributed by atoms with van der Waals surface area (Å²) in [5.41, 5.74) is 7.20. The summed E-state index contributed by atoms with van der Waals surface area (Å²) >= 11 is 1.44. The molecule has 9 nitrogen and oxygen atoms in total. The third-order valence-corrected chi connectivity index (χ3v) is 6.08. The number of likely N-dealkylation sites (N-methyl/N-ethyl adjacent to an activating group) is 2. The third-order valence-electron chi connectivity index (χ3n) is 5.22. The number of fused-ring (bicyclic) bond motifs is 1. The number of rotatable bonds is 5. The lowest BCUT2D eigenvalue weighted by atomic mass is 10.2. The van der Waals surface area contributed by atoms with Crippen molar-refractivity contribution in [3.63, 3.8) is 0 Å². The van der Waals surface area contributed by atoms with Crippen LogP contribution in [0.1, 0.15) is 36.0 Å². The summed E-state index contributed by atoms with van der Waals surface area (Å²) in [6, 6.07) is 6.31. The van der Waals surface area contributed by atoms with Gasteiger partial charge in [0.25, 0.3) is 5.91 Å². The van der Waals surface area contributed by atoms with Crippen molar-refractivity contribution < 1.29 is 50.9 Å². The van der Waals surface area contributed by atoms with Crippen LogP contribution in [0.15, 0.2) is 18.2 Å². The number of hydrogen-bond acceptors (Lipinski definition) is 7. The van der Waals surface area contributed by atoms with E-state index in [4.69, 9.17) is 25.5 Å². The first-order valence-corrected chi connectivity index (χ1v) is 11.5. The Morgan fingerprint density at radius 3 is 1.95 bits per heavy atom. The van der Waals surface area contributed by atoms with Crippen LogP contribution in [0.4, 0.5) is 31.5 Å². The molecule has 0 bridgehead atoms. The lowest BCUT2D eigenvalue weighted by Crippen LogP contribution is -2.38. The van der Waals surface area contributed by atoms with E-state index < -0.39 is 24.3 Å². The molecule has 3 rings (SSSR count). The van der Waals surface area contributed by atoms with Gasteiger partial charge >= 0.3 is 24.3 Å². The number of aliphatic carboxylic acids is 2. The SMILES string of the molecule is CN(CCN(C)C1CCCC1)C(=O)c1ccc2sc(N)nc2c1.O=C(O)C(F)(F)F.O=C(O)C(F)(F)F. The minimum absolute atomic E-state index is 0.0401. The Morgan fingerprint density at radius 1 is 1.00 bits per heavy atom. The number of nitrogens with zero attached hydrogens (tertiary/aromatic N) is 3. The summed E-state index contributed by atoms with van der Waals surface area (Å²) in [7, 11) is 4.03. The largest absolute Gasteiger partial charge is 0.490 e. The molecule has 1 aliphatic rings. The van der Waals surface area contributed by atoms with Crippen molar-refractivity contribution in [2.75, 3.05) is 32.9 Å². The fourth-order valence-corrected chi connectivity index (χ4v) is 3.95. The molecule has 1 heterocycles. The average Bonchev–Trinajstić information content (AvgIpc) is 3.44. The Morgan fingerprint density at radius 2 is 1.49 bits per heavy atom. The van der Waals surface area contributed by atoms with E-state index in [1.807, 2.05) is 25.2 Å². The maximum absolute atomic E-state index is 12.6. The van der Waals surface area contributed by atoms with Crippen molar-refractivity contribution in [3.05, 3.63) is 23.8 Å². The number of aromatic nitrogens is 1. The smallest absolute Gasteiger partial charge is 0.475 e. The van der Waals surface area contributed by atoms with Gasteiger partial charge in [0.15, 0.2) is 5.13 Å². The van der Waals surface area contributed by atoms with Gasteiger partial charge in [-0.1, -0.05) is 24.2 Å². The van der Waals surface area contributed by atoms with Crippen LogP contribution in [0.2, 0.25) is 0 Å². The molecule has 4 N–H and O–H groups in total. The van der Waals surface area contributed by atoms with Gasteiger partial charge in [-0.3, -0.25) is 4.79 Å². The van der Waals surface area contributed by atoms with Gasteiger partial charge in [0.05, 0.1) is 10.2 Å². The Kier molecular flexibility index (Phi) is 11.6. The molecule has 0 unspecified atom stereocenters. The summed E-state index contributed by atoms with van der Waals surface area (Å²) < 4.78 is 64.5. The number of carbonyl (C=O) groups excluding carboxylic acids is 1. The van der Waals surface area contributed by atoms with Crippen molar-refractivity contribution in [2.45, 2.75) is 44.1 Å². The van der Waals surface area contributed by atoms with Gasteiger partial charge in [-0.25, -0.2) is 14.6 Å². The number of nitrogen functional groups attached to an aromatic ring is 1. The van der Waals surface area contributed by atoms with Gasteiger partial charge < -0.3 is 25.7 Å². The number of alkyl halides is 6. The molecule has 1 aromatic carbocycles. The number of halogens is 6. The summed E-state index contributed by atoms with van der Waals surface area (Å²) in [5.74, 6) is -5.47. The molecule has 37 heavy (non-hydrogen) atoms. The highest BCUT2D eigenvalue weighted by atomic mass is 32.1. The Bertz CT molecular complexity index is 1050. The van der Waals surface area contributed by atoms with E-state index in [2.05, 4.69) is 16.9 Å². The molecule has 0 aliphatic heterocycles. The normalized spacial score (nSPS) is 14.0. The van der Waals surface area contributed by atoms with E-state index in [-0.39, 0.29) is 5.91 Å². The number of anilines is 1. The second-order valence-electron chi connectivity index (χ2n) is 7.99. The molecule has 1 aromatic heterocycles. The predicted molar refractivity (Wildman–Crippen MR) is 123 cm³/mol. The lowest BCUT2D eigenvalue weighted by molar-refractivity contribution is -0.193. The number of carbonyl (C=O) groups is 3. The molecule has 1 saturated carbocycles. The van der Waals surface area contributed by atoms with E-state index in [0.29, 0.717) is 16.7 Å². The predicted octanol–water partition coefficient (Wildman–Crippen LogP) is 4.09. The van der Waals surface area contributed by atoms with Gasteiger partial charge in [0.1, 0.15) is 0 Å². The average molecular weight is 561 g/mol. The van der Waals surface area contributed by atoms with Crippen LogP contribution in [-0.4, -0.2) is 88.4 Å². The monoisotopic (exact) mass is 560 g/mol. The molecule has 0 saturated heterocycles. The molecule has 16 heteroatoms. The van der Waals surface area contributed by atoms with Gasteiger partial charge in [0.2, 0.25) is 0 Å². The number of benzene rings is 1. The van der Waals surface area contributed by atoms with Crippen molar-refractivity contribution in [3.8, 4) is 0 Å². The van der Waals surface area contributed by atoms with Crippen LogP contribution >= 0.6 is 11.3 Å². The van der Waals surface area contributed by atoms with E-state index in [1.54, 1.807) is 4.90 Å². The molecule has 1 fully saturated rings. The van der Waals surface area contributed by atoms with Crippen molar-refractivity contribution >= 4 is 44.5 Å². The number of hydrogen-bond donors (Lipinski definition) is 3. The summed E-state index contributed by atoms with van der Waals surface area (Å²) in [6.07, 6.45) is -4.92. The van der Waals surface area contributed by atoms with Crippen molar-refractivity contribution in [1.29, 1.82) is 0 Å². The summed E-state index contributed by atoms with van der Waals surface area (Å²) in [6.45, 7) is 1.65. The second-order valence-corrected chi connectivity index (χ2v) is 9.05. The third kappa shape index (κ3) is 10.8. The van der Waals surface area contributed by atoms with Crippen molar-refractivity contribution in [1.82, 2.24) is 14.8 Å². The zero-order chi connectivity index (χ0) is 28.6. The van der Waals surface area contributed by atoms with Crippen LogP contribution in [0.3, 0.4) is 0 Å². The van der Waals surface area contributed by atoms with Crippen LogP contribution in [-0.2, 0) is 9.59 Å². The van der Waals surface area contributed by atoms with Crippen molar-refractivity contribution in [2.24, 2.45) is 0 Å². The lowest BCUT2D eigenvalue weighted by Gasteiger charge is -2.26. The van der Waals surface area contributed by atoms with E-state index in [9.17, 15) is 31.1 Å². The molecule has 0 spiro atoms. The highest BCUT2D eigenvalue weighted by molar-refractivity contribution is 7.22. The number of amides is 1. The number of thiazole rings is 1. The zero-order valence-electron chi connectivity index (χ0n) is 19.8. The quantitative estimate of drug-likeness (QED) is 0.465. The fraction of sp³-hybridized carbons (Fsp3) is 0.524. The van der Waals surface area contributed by atoms with Crippen LogP contribution in [0.5, 0.6) is 0 Å². The second kappa shape index (κ2) is 13.4. The Labute approximate surface area is 211 Å². The first-order chi connectivity index (χ1) is 16.9. The van der Waals surface area contributed by atoms with E-state index in [1.165, 1.54) is 37.0 Å². The highest BCUT2D eigenvalue weighted by Crippen LogP contribution is 2.25. The Balaban J connectivity index is 0.000000404. The van der Waals surface area contributed by atoms with Gasteiger partial charge in [-0.2, -0.15) is 26.3 Å². The molecule has 0 radical (unpaired) electrons. The Hall–Kier alpha value is -3.14. The molecular formula is C21H26F6N4O5S. The number of carboxylic acid groups (broad SMARTS) is 2. The maximum Gasteiger partial charge on any atom is 0.490 e. The minimum atomic E-state index is -5.08. The van der Waals surface area contributed by atoms with Gasteiger partial charge in [0, 0.05) is 31.7 Å². The molecule has 2 aromatic rings. The summed E-state index contributed by atoms with van der Waals surface area (Å²) in [4.78, 5) is 38.8. The highest BCUT2D eigenvalue weighted by Gasteiger charge is 2.38. The van der Waals surface area contributed by atoms with Crippen LogP contribution in [0, 0.1) is 0 Å². The van der Waals surface area contributed by atoms with Crippen LogP contribution < -0.4 is 5.73 Å². The first kappa shape index (κ1) is 31.9. The van der Waals surface area contributed by atoms with Gasteiger partial charge in [-0.15, -0.1) is 0 Å². The first-order valence-electron chi connectivity index (χ1n) is 10.7. The minimum Gasteiger partial charge on any atom is -0.475 e. The van der Waals surface area contributed by atoms with E-state index >= 15 is 0 Å². The standard InChI is InChI=1S/C17H24N4OS.2C2HF3O2/c1-20(13-5-3-4-6-13)9-10-21(2)16(22)12-7-8-15-14(11-12)19-17(18)23-15;2*3-2(4,5)1(6)7/h7-8,11,13H,3-6,9-10H2,1-2H3,(H2,18,19);2*(H,6,7). The number of carboxylic acids is 2. The molecule has 1 amide bonds. The van der Waals surface area contributed by atoms with Gasteiger partial charge in [-0.05, 0) is 38.1 Å². The molecular weight excluding hydrogens is 534 g/mol.